The molecule has 1 saturated heterocycles. The Kier molecular flexibility index (Phi) is 7.90. The maximum Gasteiger partial charge on any atom is 0.134 e. The van der Waals surface area contributed by atoms with Crippen molar-refractivity contribution in [2.45, 2.75) is 69.4 Å². The predicted octanol–water partition coefficient (Wildman–Crippen LogP) is 5.32. The molecule has 3 atom stereocenters. The van der Waals surface area contributed by atoms with E-state index >= 15 is 0 Å². The van der Waals surface area contributed by atoms with Crippen LogP contribution in [-0.2, 0) is 0 Å². The zero-order valence-electron chi connectivity index (χ0n) is 14.1. The molecule has 0 saturated carbocycles. The molecule has 0 spiro atoms. The molecule has 1 fully saturated rings. The van der Waals surface area contributed by atoms with Crippen LogP contribution in [-0.4, -0.2) is 43.2 Å². The Morgan fingerprint density at radius 3 is 2.82 bits per heavy atom. The monoisotopic (exact) mass is 454 g/mol. The Morgan fingerprint density at radius 1 is 1.27 bits per heavy atom. The fourth-order valence-corrected chi connectivity index (χ4v) is 5.91. The third kappa shape index (κ3) is 4.80. The summed E-state index contributed by atoms with van der Waals surface area (Å²) in [5.74, 6) is 1.80. The van der Waals surface area contributed by atoms with Gasteiger partial charge in [0.2, 0.25) is 0 Å². The van der Waals surface area contributed by atoms with Gasteiger partial charge in [0.1, 0.15) is 9.58 Å². The smallest absolute Gasteiger partial charge is 0.134 e. The number of aromatic nitrogens is 2. The van der Waals surface area contributed by atoms with E-state index < -0.39 is 0 Å². The highest BCUT2D eigenvalue weighted by Crippen LogP contribution is 2.37. The first-order chi connectivity index (χ1) is 10.6. The van der Waals surface area contributed by atoms with E-state index in [0.717, 1.165) is 6.04 Å². The average molecular weight is 454 g/mol. The van der Waals surface area contributed by atoms with E-state index in [1.165, 1.54) is 82.3 Å². The van der Waals surface area contributed by atoms with E-state index in [-0.39, 0.29) is 0 Å². The maximum absolute atomic E-state index is 4.68. The van der Waals surface area contributed by atoms with Gasteiger partial charge in [-0.1, -0.05) is 26.2 Å². The minimum Gasteiger partial charge on any atom is -0.315 e. The van der Waals surface area contributed by atoms with E-state index in [0.29, 0.717) is 5.92 Å². The average Bonchev–Trinajstić information content (AvgIpc) is 2.98. The molecule has 22 heavy (non-hydrogen) atoms. The first-order valence-corrected chi connectivity index (χ1v) is 11.7. The Labute approximate surface area is 157 Å². The van der Waals surface area contributed by atoms with Crippen LogP contribution in [0.15, 0.2) is 5.03 Å². The van der Waals surface area contributed by atoms with Crippen molar-refractivity contribution in [3.8, 4) is 0 Å². The first kappa shape index (κ1) is 18.9. The Morgan fingerprint density at radius 2 is 2.09 bits per heavy atom. The molecule has 1 aromatic heterocycles. The number of alkyl halides is 1. The van der Waals surface area contributed by atoms with Crippen LogP contribution < -0.4 is 0 Å². The van der Waals surface area contributed by atoms with E-state index in [9.17, 15) is 0 Å². The second-order valence-corrected chi connectivity index (χ2v) is 9.06. The molecule has 0 bridgehead atoms. The molecule has 0 amide bonds. The van der Waals surface area contributed by atoms with Gasteiger partial charge in [0.25, 0.3) is 0 Å². The standard InChI is InChI=1S/C16H29IN3S2/c1-4-5-6-7-10-21-16-15(18-22-19-16)14-9-8-13(2)20(3,11-14)12-17/h13-14H,4-12H2,1-3H3/q+1. The van der Waals surface area contributed by atoms with Crippen LogP contribution in [0, 0.1) is 0 Å². The molecule has 1 aliphatic heterocycles. The fourth-order valence-electron chi connectivity index (χ4n) is 3.15. The number of unbranched alkanes of at least 4 members (excludes halogenated alkanes) is 3. The summed E-state index contributed by atoms with van der Waals surface area (Å²) in [6.45, 7) is 5.89. The largest absolute Gasteiger partial charge is 0.315 e. The van der Waals surface area contributed by atoms with Gasteiger partial charge in [-0.2, -0.15) is 8.75 Å². The van der Waals surface area contributed by atoms with Crippen LogP contribution in [0.5, 0.6) is 0 Å². The fraction of sp³-hybridized carbons (Fsp3) is 0.875. The molecule has 0 N–H and O–H groups in total. The number of hydrogen-bond acceptors (Lipinski definition) is 4. The molecule has 0 aliphatic carbocycles. The molecule has 2 rings (SSSR count). The summed E-state index contributed by atoms with van der Waals surface area (Å²) in [7, 11) is 2.40. The van der Waals surface area contributed by atoms with Crippen molar-refractivity contribution in [3.63, 3.8) is 0 Å². The van der Waals surface area contributed by atoms with Crippen LogP contribution in [0.25, 0.3) is 0 Å². The lowest BCUT2D eigenvalue weighted by Gasteiger charge is -2.44. The van der Waals surface area contributed by atoms with Crippen LogP contribution in [0.1, 0.15) is 64.0 Å². The van der Waals surface area contributed by atoms with Crippen molar-refractivity contribution >= 4 is 46.1 Å². The molecule has 1 aliphatic rings. The zero-order valence-corrected chi connectivity index (χ0v) is 17.8. The summed E-state index contributed by atoms with van der Waals surface area (Å²) in [5.41, 5.74) is 1.30. The van der Waals surface area contributed by atoms with Crippen molar-refractivity contribution in [2.24, 2.45) is 0 Å². The summed E-state index contributed by atoms with van der Waals surface area (Å²) >= 11 is 5.89. The Hall–Kier alpha value is 0.600. The highest BCUT2D eigenvalue weighted by molar-refractivity contribution is 14.1. The van der Waals surface area contributed by atoms with E-state index in [2.05, 4.69) is 52.2 Å². The molecule has 126 valence electrons. The maximum atomic E-state index is 4.68. The van der Waals surface area contributed by atoms with Gasteiger partial charge < -0.3 is 4.48 Å². The van der Waals surface area contributed by atoms with E-state index in [1.807, 2.05) is 11.8 Å². The molecule has 0 aromatic carbocycles. The number of likely N-dealkylation sites (tertiary alicyclic amines) is 1. The van der Waals surface area contributed by atoms with Gasteiger partial charge >= 0.3 is 0 Å². The lowest BCUT2D eigenvalue weighted by atomic mass is 9.90. The van der Waals surface area contributed by atoms with Gasteiger partial charge in [-0.25, -0.2) is 0 Å². The molecule has 3 unspecified atom stereocenters. The number of halogens is 1. The Balaban J connectivity index is 1.94. The van der Waals surface area contributed by atoms with Crippen molar-refractivity contribution in [3.05, 3.63) is 5.69 Å². The van der Waals surface area contributed by atoms with Gasteiger partial charge in [0.05, 0.1) is 43.0 Å². The number of thioether (sulfide) groups is 1. The number of nitrogens with zero attached hydrogens (tertiary/aromatic N) is 3. The van der Waals surface area contributed by atoms with Gasteiger partial charge in [-0.05, 0) is 48.1 Å². The van der Waals surface area contributed by atoms with Gasteiger partial charge in [0.15, 0.2) is 0 Å². The number of rotatable bonds is 8. The van der Waals surface area contributed by atoms with Crippen molar-refractivity contribution in [1.82, 2.24) is 8.75 Å². The lowest BCUT2D eigenvalue weighted by molar-refractivity contribution is -0.923. The quantitative estimate of drug-likeness (QED) is 0.133. The van der Waals surface area contributed by atoms with Gasteiger partial charge in [-0.15, -0.1) is 11.8 Å². The van der Waals surface area contributed by atoms with Crippen LogP contribution in [0.4, 0.5) is 0 Å². The number of quaternary nitrogens is 1. The molecule has 6 heteroatoms. The molecule has 2 heterocycles. The Bertz CT molecular complexity index is 454. The van der Waals surface area contributed by atoms with E-state index in [4.69, 9.17) is 0 Å². The van der Waals surface area contributed by atoms with Crippen LogP contribution in [0.3, 0.4) is 0 Å². The van der Waals surface area contributed by atoms with Gasteiger partial charge in [0, 0.05) is 6.42 Å². The highest BCUT2D eigenvalue weighted by atomic mass is 127. The second-order valence-electron chi connectivity index (χ2n) is 6.77. The number of likely N-dealkylation sites (N-methyl/N-ethyl adjacent to an activating group) is 1. The summed E-state index contributed by atoms with van der Waals surface area (Å²) < 4.78 is 11.6. The summed E-state index contributed by atoms with van der Waals surface area (Å²) in [6.07, 6.45) is 7.90. The van der Waals surface area contributed by atoms with Gasteiger partial charge in [-0.3, -0.25) is 0 Å². The molecule has 0 radical (unpaired) electrons. The van der Waals surface area contributed by atoms with Crippen LogP contribution >= 0.6 is 46.1 Å². The summed E-state index contributed by atoms with van der Waals surface area (Å²) in [6, 6.07) is 0.768. The van der Waals surface area contributed by atoms with Crippen molar-refractivity contribution < 1.29 is 4.48 Å². The van der Waals surface area contributed by atoms with Crippen molar-refractivity contribution in [1.29, 1.82) is 0 Å². The third-order valence-electron chi connectivity index (χ3n) is 5.01. The SMILES string of the molecule is CCCCCCSc1nsnc1C1CCC(C)[N+](C)(CI)C1. The second kappa shape index (κ2) is 9.18. The zero-order chi connectivity index (χ0) is 16.0. The van der Waals surface area contributed by atoms with E-state index in [1.54, 1.807) is 0 Å². The summed E-state index contributed by atoms with van der Waals surface area (Å²) in [5, 5.41) is 1.22. The predicted molar refractivity (Wildman–Crippen MR) is 106 cm³/mol. The third-order valence-corrected chi connectivity index (χ3v) is 8.30. The topological polar surface area (TPSA) is 25.8 Å². The molecular weight excluding hydrogens is 425 g/mol. The van der Waals surface area contributed by atoms with Crippen LogP contribution in [0.2, 0.25) is 0 Å². The van der Waals surface area contributed by atoms with Crippen molar-refractivity contribution in [2.75, 3.05) is 23.9 Å². The highest BCUT2D eigenvalue weighted by Gasteiger charge is 2.38. The molecule has 3 nitrogen and oxygen atoms in total. The molecular formula is C16H29IN3S2+. The molecule has 1 aromatic rings. The minimum absolute atomic E-state index is 0.604. The number of piperidine rings is 1. The first-order valence-electron chi connectivity index (χ1n) is 8.46. The number of hydrogen-bond donors (Lipinski definition) is 0. The minimum atomic E-state index is 0.604. The normalized spacial score (nSPS) is 28.9. The lowest BCUT2D eigenvalue weighted by Crippen LogP contribution is -2.55. The summed E-state index contributed by atoms with van der Waals surface area (Å²) in [4.78, 5) is 0.